The van der Waals surface area contributed by atoms with E-state index < -0.39 is 0 Å². The lowest BCUT2D eigenvalue weighted by Crippen LogP contribution is -2.05. The van der Waals surface area contributed by atoms with Gasteiger partial charge in [0, 0.05) is 27.9 Å². The van der Waals surface area contributed by atoms with Crippen LogP contribution in [0.2, 0.25) is 0 Å². The van der Waals surface area contributed by atoms with Crippen molar-refractivity contribution in [3.05, 3.63) is 152 Å². The third kappa shape index (κ3) is 3.54. The van der Waals surface area contributed by atoms with Crippen LogP contribution in [0.1, 0.15) is 0 Å². The Balaban J connectivity index is 1.42. The van der Waals surface area contributed by atoms with Gasteiger partial charge in [0.1, 0.15) is 5.69 Å². The van der Waals surface area contributed by atoms with E-state index >= 15 is 0 Å². The monoisotopic (exact) mass is 587 g/mol. The van der Waals surface area contributed by atoms with Crippen molar-refractivity contribution in [2.75, 3.05) is 0 Å². The van der Waals surface area contributed by atoms with Gasteiger partial charge in [-0.05, 0) is 59.0 Å². The van der Waals surface area contributed by atoms with Crippen molar-refractivity contribution in [3.63, 3.8) is 0 Å². The quantitative estimate of drug-likeness (QED) is 0.207. The van der Waals surface area contributed by atoms with Crippen LogP contribution in [0.4, 0.5) is 0 Å². The van der Waals surface area contributed by atoms with Crippen molar-refractivity contribution in [1.29, 1.82) is 0 Å². The molecule has 214 valence electrons. The molecule has 0 saturated heterocycles. The molecular formula is C41H25N5. The number of hydrogen-bond donors (Lipinski definition) is 0. The summed E-state index contributed by atoms with van der Waals surface area (Å²) in [6.07, 6.45) is 3.86. The molecule has 5 nitrogen and oxygen atoms in total. The van der Waals surface area contributed by atoms with E-state index in [0.717, 1.165) is 61.3 Å². The molecule has 0 radical (unpaired) electrons. The molecule has 0 unspecified atom stereocenters. The maximum Gasteiger partial charge on any atom is 0.165 e. The summed E-state index contributed by atoms with van der Waals surface area (Å²) in [6, 6.07) is 49.0. The summed E-state index contributed by atoms with van der Waals surface area (Å²) >= 11 is 0. The van der Waals surface area contributed by atoms with Gasteiger partial charge in [-0.2, -0.15) is 0 Å². The van der Waals surface area contributed by atoms with Gasteiger partial charge in [-0.1, -0.05) is 97.1 Å². The van der Waals surface area contributed by atoms with E-state index in [2.05, 4.69) is 123 Å². The fraction of sp³-hybridized carbons (Fsp3) is 0. The zero-order valence-corrected chi connectivity index (χ0v) is 24.7. The summed E-state index contributed by atoms with van der Waals surface area (Å²) in [6.45, 7) is 0. The lowest BCUT2D eigenvalue weighted by molar-refractivity contribution is 1.07. The van der Waals surface area contributed by atoms with Crippen LogP contribution in [0.3, 0.4) is 0 Å². The Hall–Kier alpha value is -6.33. The Morgan fingerprint density at radius 3 is 2.09 bits per heavy atom. The molecule has 0 saturated carbocycles. The van der Waals surface area contributed by atoms with E-state index in [0.29, 0.717) is 0 Å². The molecule has 0 atom stereocenters. The average Bonchev–Trinajstić information content (AvgIpc) is 3.40. The first kappa shape index (κ1) is 25.0. The summed E-state index contributed by atoms with van der Waals surface area (Å²) < 4.78 is 4.69. The van der Waals surface area contributed by atoms with Crippen molar-refractivity contribution in [3.8, 4) is 28.2 Å². The van der Waals surface area contributed by atoms with Crippen molar-refractivity contribution >= 4 is 60.2 Å². The van der Waals surface area contributed by atoms with Crippen LogP contribution in [0, 0.1) is 0 Å². The molecule has 4 heterocycles. The lowest BCUT2D eigenvalue weighted by Gasteiger charge is -2.16. The maximum absolute atomic E-state index is 5.42. The molecule has 6 aromatic carbocycles. The normalized spacial score (nSPS) is 11.9. The fourth-order valence-corrected chi connectivity index (χ4v) is 7.16. The minimum Gasteiger partial charge on any atom is -0.305 e. The Bertz CT molecular complexity index is 2790. The molecule has 0 amide bonds. The number of pyridine rings is 1. The van der Waals surface area contributed by atoms with Gasteiger partial charge in [0.15, 0.2) is 5.82 Å². The minimum atomic E-state index is 0.786. The minimum absolute atomic E-state index is 0.786. The maximum atomic E-state index is 5.42. The third-order valence-corrected chi connectivity index (χ3v) is 9.16. The molecule has 0 bridgehead atoms. The molecule has 46 heavy (non-hydrogen) atoms. The first-order valence-corrected chi connectivity index (χ1v) is 15.5. The van der Waals surface area contributed by atoms with Crippen molar-refractivity contribution < 1.29 is 0 Å². The van der Waals surface area contributed by atoms with Gasteiger partial charge >= 0.3 is 0 Å². The topological polar surface area (TPSA) is 48.0 Å². The molecule has 4 aromatic heterocycles. The van der Waals surface area contributed by atoms with Crippen LogP contribution in [0.15, 0.2) is 152 Å². The largest absolute Gasteiger partial charge is 0.305 e. The standard InChI is InChI=1S/C41H25N5/c1-2-10-26(11-3-1)28-13-8-14-29(24-28)39-41(44-33-16-5-4-15-32(33)43-39)46-35-18-7-6-17-34(35)45-37-25-42-23-22-30(37)31-21-20-27-12-9-19-36(46)38(27)40(31)45/h1-25H. The smallest absolute Gasteiger partial charge is 0.165 e. The van der Waals surface area contributed by atoms with E-state index in [9.17, 15) is 0 Å². The number of rotatable bonds is 3. The first-order valence-electron chi connectivity index (χ1n) is 15.5. The van der Waals surface area contributed by atoms with Crippen molar-refractivity contribution in [2.24, 2.45) is 0 Å². The van der Waals surface area contributed by atoms with Gasteiger partial charge in [0.25, 0.3) is 0 Å². The number of hydrogen-bond acceptors (Lipinski definition) is 3. The second-order valence-electron chi connectivity index (χ2n) is 11.7. The number of fused-ring (bicyclic) bond motifs is 6. The SMILES string of the molecule is c1ccc(-c2cccc(-c3nc4ccccc4nc3-n3c4cccc5ccc6c7ccncc7n(c7ccccc73)c6c54)c2)cc1. The van der Waals surface area contributed by atoms with Crippen molar-refractivity contribution in [1.82, 2.24) is 23.9 Å². The van der Waals surface area contributed by atoms with Gasteiger partial charge in [-0.15, -0.1) is 0 Å². The highest BCUT2D eigenvalue weighted by Gasteiger charge is 2.22. The van der Waals surface area contributed by atoms with E-state index in [1.807, 2.05) is 42.7 Å². The second kappa shape index (κ2) is 9.58. The number of nitrogens with zero attached hydrogens (tertiary/aromatic N) is 5. The zero-order valence-electron chi connectivity index (χ0n) is 24.7. The van der Waals surface area contributed by atoms with Crippen LogP contribution in [0.5, 0.6) is 0 Å². The highest BCUT2D eigenvalue weighted by molar-refractivity contribution is 6.23. The summed E-state index contributed by atoms with van der Waals surface area (Å²) in [4.78, 5) is 15.3. The summed E-state index contributed by atoms with van der Waals surface area (Å²) in [5.74, 6) is 0.786. The number of benzene rings is 6. The van der Waals surface area contributed by atoms with Crippen LogP contribution >= 0.6 is 0 Å². The fourth-order valence-electron chi connectivity index (χ4n) is 7.16. The van der Waals surface area contributed by atoms with Gasteiger partial charge in [-0.3, -0.25) is 9.55 Å². The van der Waals surface area contributed by atoms with E-state index in [-0.39, 0.29) is 0 Å². The molecule has 0 spiro atoms. The Morgan fingerprint density at radius 1 is 0.478 bits per heavy atom. The Morgan fingerprint density at radius 2 is 1.20 bits per heavy atom. The molecular weight excluding hydrogens is 562 g/mol. The highest BCUT2D eigenvalue weighted by Crippen LogP contribution is 2.40. The molecule has 0 fully saturated rings. The molecule has 0 aliphatic heterocycles. The molecule has 0 N–H and O–H groups in total. The van der Waals surface area contributed by atoms with Gasteiger partial charge in [0.2, 0.25) is 0 Å². The van der Waals surface area contributed by atoms with Crippen LogP contribution in [-0.2, 0) is 0 Å². The predicted molar refractivity (Wildman–Crippen MR) is 189 cm³/mol. The molecule has 0 aliphatic carbocycles. The van der Waals surface area contributed by atoms with E-state index in [1.165, 1.54) is 27.1 Å². The van der Waals surface area contributed by atoms with Gasteiger partial charge < -0.3 is 4.40 Å². The molecule has 10 rings (SSSR count). The Labute approximate surface area is 263 Å². The van der Waals surface area contributed by atoms with Crippen LogP contribution in [-0.4, -0.2) is 23.9 Å². The van der Waals surface area contributed by atoms with E-state index in [1.54, 1.807) is 0 Å². The van der Waals surface area contributed by atoms with Gasteiger partial charge in [0.05, 0.1) is 44.8 Å². The third-order valence-electron chi connectivity index (χ3n) is 9.16. The summed E-state index contributed by atoms with van der Waals surface area (Å²) in [5.41, 5.74) is 11.3. The summed E-state index contributed by atoms with van der Waals surface area (Å²) in [7, 11) is 0. The zero-order chi connectivity index (χ0) is 30.2. The number of aromatic nitrogens is 5. The first-order chi connectivity index (χ1) is 22.8. The van der Waals surface area contributed by atoms with Crippen LogP contribution < -0.4 is 0 Å². The average molecular weight is 588 g/mol. The summed E-state index contributed by atoms with van der Waals surface area (Å²) in [5, 5.41) is 4.73. The molecule has 10 aromatic rings. The molecule has 0 aliphatic rings. The van der Waals surface area contributed by atoms with E-state index in [4.69, 9.17) is 9.97 Å². The number of para-hydroxylation sites is 4. The predicted octanol–water partition coefficient (Wildman–Crippen LogP) is 10.0. The van der Waals surface area contributed by atoms with Gasteiger partial charge in [-0.25, -0.2) is 9.97 Å². The Kier molecular flexibility index (Phi) is 5.22. The van der Waals surface area contributed by atoms with Crippen molar-refractivity contribution in [2.45, 2.75) is 0 Å². The molecule has 5 heteroatoms. The highest BCUT2D eigenvalue weighted by atomic mass is 15.1. The lowest BCUT2D eigenvalue weighted by atomic mass is 10.0. The second-order valence-corrected chi connectivity index (χ2v) is 11.7. The van der Waals surface area contributed by atoms with Crippen LogP contribution in [0.25, 0.3) is 88.4 Å².